The molecule has 0 unspecified atom stereocenters. The highest BCUT2D eigenvalue weighted by Crippen LogP contribution is 2.21. The Balaban J connectivity index is 1.26. The molecule has 4 amide bonds. The third kappa shape index (κ3) is 5.81. The van der Waals surface area contributed by atoms with Crippen LogP contribution in [0.2, 0.25) is 0 Å². The number of carbonyl (C=O) groups is 4. The minimum absolute atomic E-state index is 0.109. The molecular formula is C26H29FN4O5. The molecule has 2 aromatic rings. The van der Waals surface area contributed by atoms with Crippen LogP contribution >= 0.6 is 0 Å². The van der Waals surface area contributed by atoms with Gasteiger partial charge in [0, 0.05) is 44.5 Å². The first-order valence-electron chi connectivity index (χ1n) is 12.0. The van der Waals surface area contributed by atoms with Crippen molar-refractivity contribution in [3.05, 3.63) is 65.5 Å². The molecule has 0 aliphatic carbocycles. The fraction of sp³-hybridized carbons (Fsp3) is 0.385. The number of hydrogen-bond acceptors (Lipinski definition) is 5. The summed E-state index contributed by atoms with van der Waals surface area (Å²) in [7, 11) is 0. The summed E-state index contributed by atoms with van der Waals surface area (Å²) in [5.74, 6) is -1.86. The minimum atomic E-state index is -0.558. The number of nitrogens with zero attached hydrogens (tertiary/aromatic N) is 3. The summed E-state index contributed by atoms with van der Waals surface area (Å²) in [5.41, 5.74) is 1.74. The average Bonchev–Trinajstić information content (AvgIpc) is 2.89. The van der Waals surface area contributed by atoms with Gasteiger partial charge in [0.05, 0.1) is 12.2 Å². The second kappa shape index (κ2) is 11.2. The van der Waals surface area contributed by atoms with Crippen molar-refractivity contribution in [1.29, 1.82) is 0 Å². The molecular weight excluding hydrogens is 467 g/mol. The smallest absolute Gasteiger partial charge is 0.338 e. The second-order valence-electron chi connectivity index (χ2n) is 8.80. The topological polar surface area (TPSA) is 99.3 Å². The van der Waals surface area contributed by atoms with Crippen molar-refractivity contribution < 1.29 is 28.3 Å². The molecule has 190 valence electrons. The van der Waals surface area contributed by atoms with Crippen LogP contribution in [0.5, 0.6) is 0 Å². The highest BCUT2D eigenvalue weighted by Gasteiger charge is 2.38. The predicted molar refractivity (Wildman–Crippen MR) is 130 cm³/mol. The van der Waals surface area contributed by atoms with Gasteiger partial charge in [0.15, 0.2) is 0 Å². The van der Waals surface area contributed by atoms with Crippen molar-refractivity contribution in [2.75, 3.05) is 38.1 Å². The van der Waals surface area contributed by atoms with E-state index in [2.05, 4.69) is 5.32 Å². The molecule has 1 N–H and O–H groups in total. The normalized spacial score (nSPS) is 16.8. The number of anilines is 1. The predicted octanol–water partition coefficient (Wildman–Crippen LogP) is 2.87. The summed E-state index contributed by atoms with van der Waals surface area (Å²) in [6.45, 7) is 4.03. The van der Waals surface area contributed by atoms with E-state index in [4.69, 9.17) is 4.74 Å². The molecule has 0 radical (unpaired) electrons. The Bertz CT molecular complexity index is 1110. The van der Waals surface area contributed by atoms with E-state index in [1.165, 1.54) is 17.0 Å². The van der Waals surface area contributed by atoms with Crippen LogP contribution in [-0.2, 0) is 20.9 Å². The number of likely N-dealkylation sites (tertiary alicyclic amines) is 1. The highest BCUT2D eigenvalue weighted by molar-refractivity contribution is 6.35. The van der Waals surface area contributed by atoms with Crippen LogP contribution in [-0.4, -0.2) is 77.3 Å². The zero-order valence-corrected chi connectivity index (χ0v) is 20.1. The summed E-state index contributed by atoms with van der Waals surface area (Å²) in [5, 5.41) is 2.82. The number of ether oxygens (including phenoxy) is 1. The van der Waals surface area contributed by atoms with Gasteiger partial charge in [-0.2, -0.15) is 0 Å². The molecule has 36 heavy (non-hydrogen) atoms. The lowest BCUT2D eigenvalue weighted by atomic mass is 10.0. The Morgan fingerprint density at radius 1 is 0.944 bits per heavy atom. The zero-order chi connectivity index (χ0) is 25.7. The van der Waals surface area contributed by atoms with E-state index in [0.717, 1.165) is 5.56 Å². The van der Waals surface area contributed by atoms with E-state index >= 15 is 0 Å². The number of nitrogens with one attached hydrogen (secondary N) is 1. The summed E-state index contributed by atoms with van der Waals surface area (Å²) >= 11 is 0. The second-order valence-corrected chi connectivity index (χ2v) is 8.80. The van der Waals surface area contributed by atoms with Crippen molar-refractivity contribution >= 4 is 29.5 Å². The molecule has 4 rings (SSSR count). The summed E-state index contributed by atoms with van der Waals surface area (Å²) < 4.78 is 18.1. The standard InChI is InChI=1S/C26H29FN4O5/c1-2-36-25(34)19-5-9-21(10-6-19)28-26(35)29-13-11-22(12-14-29)31-16-15-30(23(32)24(31)33)17-18-3-7-20(27)8-4-18/h3-10,22H,2,11-17H2,1H3,(H,28,35). The van der Waals surface area contributed by atoms with Crippen molar-refractivity contribution in [3.8, 4) is 0 Å². The third-order valence-electron chi connectivity index (χ3n) is 6.47. The van der Waals surface area contributed by atoms with Gasteiger partial charge in [-0.3, -0.25) is 9.59 Å². The summed E-state index contributed by atoms with van der Waals surface area (Å²) in [6.07, 6.45) is 1.15. The number of esters is 1. The van der Waals surface area contributed by atoms with Crippen LogP contribution < -0.4 is 5.32 Å². The van der Waals surface area contributed by atoms with Crippen LogP contribution in [0, 0.1) is 5.82 Å². The molecule has 9 nitrogen and oxygen atoms in total. The Hall–Kier alpha value is -3.95. The fourth-order valence-corrected chi connectivity index (χ4v) is 4.49. The number of rotatable bonds is 6. The number of carbonyl (C=O) groups excluding carboxylic acids is 4. The third-order valence-corrected chi connectivity index (χ3v) is 6.47. The van der Waals surface area contributed by atoms with Crippen molar-refractivity contribution in [1.82, 2.24) is 14.7 Å². The number of piperazine rings is 1. The van der Waals surface area contributed by atoms with Gasteiger partial charge < -0.3 is 24.8 Å². The number of benzene rings is 2. The Labute approximate surface area is 208 Å². The monoisotopic (exact) mass is 496 g/mol. The first-order valence-corrected chi connectivity index (χ1v) is 12.0. The van der Waals surface area contributed by atoms with Gasteiger partial charge in [0.2, 0.25) is 0 Å². The molecule has 10 heteroatoms. The minimum Gasteiger partial charge on any atom is -0.462 e. The molecule has 2 heterocycles. The van der Waals surface area contributed by atoms with E-state index in [1.807, 2.05) is 0 Å². The average molecular weight is 497 g/mol. The van der Waals surface area contributed by atoms with Crippen molar-refractivity contribution in [2.24, 2.45) is 0 Å². The Kier molecular flexibility index (Phi) is 7.82. The van der Waals surface area contributed by atoms with E-state index < -0.39 is 17.8 Å². The van der Waals surface area contributed by atoms with E-state index in [9.17, 15) is 23.6 Å². The maximum Gasteiger partial charge on any atom is 0.338 e. The number of halogens is 1. The van der Waals surface area contributed by atoms with Crippen molar-refractivity contribution in [3.63, 3.8) is 0 Å². The summed E-state index contributed by atoms with van der Waals surface area (Å²) in [6, 6.07) is 12.0. The van der Waals surface area contributed by atoms with E-state index in [1.54, 1.807) is 53.1 Å². The molecule has 0 saturated carbocycles. The van der Waals surface area contributed by atoms with Crippen LogP contribution in [0.3, 0.4) is 0 Å². The molecule has 2 aromatic carbocycles. The van der Waals surface area contributed by atoms with Gasteiger partial charge in [-0.05, 0) is 61.7 Å². The molecule has 2 saturated heterocycles. The maximum atomic E-state index is 13.1. The first kappa shape index (κ1) is 25.2. The Morgan fingerprint density at radius 3 is 2.25 bits per heavy atom. The van der Waals surface area contributed by atoms with Crippen LogP contribution in [0.1, 0.15) is 35.7 Å². The van der Waals surface area contributed by atoms with Crippen molar-refractivity contribution in [2.45, 2.75) is 32.4 Å². The van der Waals surface area contributed by atoms with Crippen LogP contribution in [0.15, 0.2) is 48.5 Å². The number of amides is 4. The lowest BCUT2D eigenvalue weighted by Crippen LogP contribution is -2.59. The number of piperidine rings is 1. The largest absolute Gasteiger partial charge is 0.462 e. The SMILES string of the molecule is CCOC(=O)c1ccc(NC(=O)N2CCC(N3CCN(Cc4ccc(F)cc4)C(=O)C3=O)CC2)cc1. The fourth-order valence-electron chi connectivity index (χ4n) is 4.49. The Morgan fingerprint density at radius 2 is 1.61 bits per heavy atom. The van der Waals surface area contributed by atoms with E-state index in [0.29, 0.717) is 56.9 Å². The highest BCUT2D eigenvalue weighted by atomic mass is 19.1. The maximum absolute atomic E-state index is 13.1. The van der Waals surface area contributed by atoms with Crippen LogP contribution in [0.25, 0.3) is 0 Å². The van der Waals surface area contributed by atoms with Gasteiger partial charge in [-0.15, -0.1) is 0 Å². The zero-order valence-electron chi connectivity index (χ0n) is 20.1. The summed E-state index contributed by atoms with van der Waals surface area (Å²) in [4.78, 5) is 54.7. The first-order chi connectivity index (χ1) is 17.4. The molecule has 2 aliphatic rings. The quantitative estimate of drug-likeness (QED) is 0.490. The molecule has 0 bridgehead atoms. The molecule has 0 spiro atoms. The van der Waals surface area contributed by atoms with E-state index in [-0.39, 0.29) is 24.4 Å². The van der Waals surface area contributed by atoms with Gasteiger partial charge in [-0.1, -0.05) is 12.1 Å². The molecule has 0 aromatic heterocycles. The number of hydrogen-bond donors (Lipinski definition) is 1. The molecule has 0 atom stereocenters. The van der Waals surface area contributed by atoms with Gasteiger partial charge in [0.25, 0.3) is 0 Å². The number of urea groups is 1. The lowest BCUT2D eigenvalue weighted by Gasteiger charge is -2.42. The van der Waals surface area contributed by atoms with Crippen LogP contribution in [0.4, 0.5) is 14.9 Å². The van der Waals surface area contributed by atoms with Gasteiger partial charge in [0.1, 0.15) is 5.82 Å². The molecule has 2 aliphatic heterocycles. The molecule has 2 fully saturated rings. The lowest BCUT2D eigenvalue weighted by molar-refractivity contribution is -0.158. The van der Waals surface area contributed by atoms with Gasteiger partial charge in [-0.25, -0.2) is 14.0 Å². The van der Waals surface area contributed by atoms with Gasteiger partial charge >= 0.3 is 23.8 Å².